The highest BCUT2D eigenvalue weighted by molar-refractivity contribution is 5.50. The summed E-state index contributed by atoms with van der Waals surface area (Å²) >= 11 is 0. The fourth-order valence-corrected chi connectivity index (χ4v) is 2.07. The van der Waals surface area contributed by atoms with E-state index in [1.165, 1.54) is 0 Å². The minimum absolute atomic E-state index is 0.424. The van der Waals surface area contributed by atoms with Crippen LogP contribution in [0.25, 0.3) is 5.65 Å². The Morgan fingerprint density at radius 2 is 2.11 bits per heavy atom. The molecule has 18 heavy (non-hydrogen) atoms. The fraction of sp³-hybridized carbons (Fsp3) is 0.500. The summed E-state index contributed by atoms with van der Waals surface area (Å²) in [6.45, 7) is 5.51. The summed E-state index contributed by atoms with van der Waals surface area (Å²) in [6, 6.07) is 6.58. The topological polar surface area (TPSA) is 32.6 Å². The Hall–Kier alpha value is -1.55. The molecule has 0 bridgehead atoms. The van der Waals surface area contributed by atoms with E-state index in [-0.39, 0.29) is 0 Å². The SMILES string of the molecule is CC(C)C(CN(C)C)Nc1cccc2nccn12. The van der Waals surface area contributed by atoms with Gasteiger partial charge in [0.2, 0.25) is 0 Å². The number of nitrogens with zero attached hydrogens (tertiary/aromatic N) is 3. The molecule has 0 radical (unpaired) electrons. The Balaban J connectivity index is 2.22. The van der Waals surface area contributed by atoms with Crippen molar-refractivity contribution in [1.82, 2.24) is 14.3 Å². The number of anilines is 1. The van der Waals surface area contributed by atoms with Crippen LogP contribution in [0, 0.1) is 5.92 Å². The lowest BCUT2D eigenvalue weighted by Gasteiger charge is -2.26. The van der Waals surface area contributed by atoms with Crippen LogP contribution in [0.15, 0.2) is 30.6 Å². The molecule has 2 aromatic heterocycles. The normalized spacial score (nSPS) is 13.4. The van der Waals surface area contributed by atoms with E-state index in [9.17, 15) is 0 Å². The molecule has 98 valence electrons. The van der Waals surface area contributed by atoms with Crippen molar-refractivity contribution in [3.8, 4) is 0 Å². The largest absolute Gasteiger partial charge is 0.367 e. The molecule has 0 aliphatic carbocycles. The van der Waals surface area contributed by atoms with Crippen molar-refractivity contribution in [2.24, 2.45) is 5.92 Å². The molecule has 0 amide bonds. The molecule has 0 aliphatic heterocycles. The fourth-order valence-electron chi connectivity index (χ4n) is 2.07. The molecule has 4 nitrogen and oxygen atoms in total. The first-order valence-electron chi connectivity index (χ1n) is 6.41. The molecule has 0 spiro atoms. The van der Waals surface area contributed by atoms with Gasteiger partial charge in [-0.3, -0.25) is 4.40 Å². The lowest BCUT2D eigenvalue weighted by molar-refractivity contribution is 0.344. The van der Waals surface area contributed by atoms with Crippen LogP contribution in [0.5, 0.6) is 0 Å². The zero-order chi connectivity index (χ0) is 13.1. The van der Waals surface area contributed by atoms with Crippen molar-refractivity contribution in [2.45, 2.75) is 19.9 Å². The summed E-state index contributed by atoms with van der Waals surface area (Å²) in [7, 11) is 4.21. The average Bonchev–Trinajstić information content (AvgIpc) is 2.76. The van der Waals surface area contributed by atoms with Crippen molar-refractivity contribution in [3.05, 3.63) is 30.6 Å². The molecule has 0 aromatic carbocycles. The number of aromatic nitrogens is 2. The molecule has 2 heterocycles. The highest BCUT2D eigenvalue weighted by Gasteiger charge is 2.15. The lowest BCUT2D eigenvalue weighted by Crippen LogP contribution is -2.36. The van der Waals surface area contributed by atoms with Crippen LogP contribution in [0.3, 0.4) is 0 Å². The number of pyridine rings is 1. The number of hydrogen-bond acceptors (Lipinski definition) is 3. The number of rotatable bonds is 5. The smallest absolute Gasteiger partial charge is 0.138 e. The van der Waals surface area contributed by atoms with Crippen LogP contribution in [0.2, 0.25) is 0 Å². The second-order valence-electron chi connectivity index (χ2n) is 5.32. The zero-order valence-corrected chi connectivity index (χ0v) is 11.6. The number of hydrogen-bond donors (Lipinski definition) is 1. The summed E-state index contributed by atoms with van der Waals surface area (Å²) in [5, 5.41) is 3.62. The molecule has 0 saturated carbocycles. The van der Waals surface area contributed by atoms with Gasteiger partial charge in [0, 0.05) is 25.0 Å². The standard InChI is InChI=1S/C14H22N4/c1-11(2)12(10-17(3)4)16-14-7-5-6-13-15-8-9-18(13)14/h5-9,11-12,16H,10H2,1-4H3. The average molecular weight is 246 g/mol. The van der Waals surface area contributed by atoms with Gasteiger partial charge in [-0.05, 0) is 32.1 Å². The van der Waals surface area contributed by atoms with Gasteiger partial charge in [0.05, 0.1) is 0 Å². The Bertz CT molecular complexity index is 501. The van der Waals surface area contributed by atoms with Crippen LogP contribution in [0.4, 0.5) is 5.82 Å². The Kier molecular flexibility index (Phi) is 3.87. The van der Waals surface area contributed by atoms with E-state index in [1.54, 1.807) is 0 Å². The van der Waals surface area contributed by atoms with Gasteiger partial charge < -0.3 is 10.2 Å². The molecule has 2 aromatic rings. The summed E-state index contributed by atoms with van der Waals surface area (Å²) in [6.07, 6.45) is 3.82. The quantitative estimate of drug-likeness (QED) is 0.879. The highest BCUT2D eigenvalue weighted by Crippen LogP contribution is 2.15. The predicted octanol–water partition coefficient (Wildman–Crippen LogP) is 2.33. The van der Waals surface area contributed by atoms with Crippen LogP contribution in [-0.4, -0.2) is 41.0 Å². The molecule has 1 atom stereocenters. The number of nitrogens with one attached hydrogen (secondary N) is 1. The first-order chi connectivity index (χ1) is 8.58. The second kappa shape index (κ2) is 5.40. The van der Waals surface area contributed by atoms with E-state index in [4.69, 9.17) is 0 Å². The number of fused-ring (bicyclic) bond motifs is 1. The highest BCUT2D eigenvalue weighted by atomic mass is 15.2. The van der Waals surface area contributed by atoms with E-state index in [2.05, 4.69) is 53.6 Å². The van der Waals surface area contributed by atoms with Crippen molar-refractivity contribution in [3.63, 3.8) is 0 Å². The van der Waals surface area contributed by atoms with E-state index in [0.29, 0.717) is 12.0 Å². The molecular weight excluding hydrogens is 224 g/mol. The zero-order valence-electron chi connectivity index (χ0n) is 11.6. The van der Waals surface area contributed by atoms with Gasteiger partial charge in [-0.25, -0.2) is 4.98 Å². The lowest BCUT2D eigenvalue weighted by atomic mass is 10.0. The molecule has 1 unspecified atom stereocenters. The molecule has 0 aliphatic rings. The van der Waals surface area contributed by atoms with Crippen molar-refractivity contribution < 1.29 is 0 Å². The number of imidazole rings is 1. The van der Waals surface area contributed by atoms with Gasteiger partial charge in [-0.1, -0.05) is 19.9 Å². The molecule has 0 fully saturated rings. The van der Waals surface area contributed by atoms with E-state index in [0.717, 1.165) is 18.0 Å². The van der Waals surface area contributed by atoms with Crippen LogP contribution in [0.1, 0.15) is 13.8 Å². The molecule has 1 N–H and O–H groups in total. The molecular formula is C14H22N4. The Morgan fingerprint density at radius 1 is 1.33 bits per heavy atom. The van der Waals surface area contributed by atoms with Crippen molar-refractivity contribution in [1.29, 1.82) is 0 Å². The van der Waals surface area contributed by atoms with E-state index >= 15 is 0 Å². The molecule has 4 heteroatoms. The summed E-state index contributed by atoms with van der Waals surface area (Å²) in [5.74, 6) is 1.68. The van der Waals surface area contributed by atoms with E-state index in [1.807, 2.05) is 24.5 Å². The third-order valence-electron chi connectivity index (χ3n) is 3.13. The third kappa shape index (κ3) is 2.82. The maximum atomic E-state index is 4.30. The summed E-state index contributed by atoms with van der Waals surface area (Å²) in [5.41, 5.74) is 0.979. The second-order valence-corrected chi connectivity index (χ2v) is 5.32. The van der Waals surface area contributed by atoms with Gasteiger partial charge in [-0.2, -0.15) is 0 Å². The maximum absolute atomic E-state index is 4.30. The third-order valence-corrected chi connectivity index (χ3v) is 3.13. The Labute approximate surface area is 109 Å². The van der Waals surface area contributed by atoms with Crippen molar-refractivity contribution in [2.75, 3.05) is 26.0 Å². The minimum atomic E-state index is 0.424. The van der Waals surface area contributed by atoms with Gasteiger partial charge in [0.1, 0.15) is 11.5 Å². The Morgan fingerprint density at radius 3 is 2.78 bits per heavy atom. The van der Waals surface area contributed by atoms with Gasteiger partial charge >= 0.3 is 0 Å². The van der Waals surface area contributed by atoms with Gasteiger partial charge in [0.25, 0.3) is 0 Å². The van der Waals surface area contributed by atoms with E-state index < -0.39 is 0 Å². The molecule has 2 rings (SSSR count). The van der Waals surface area contributed by atoms with Gasteiger partial charge in [0.15, 0.2) is 0 Å². The van der Waals surface area contributed by atoms with Crippen molar-refractivity contribution >= 4 is 11.5 Å². The van der Waals surface area contributed by atoms with Crippen LogP contribution >= 0.6 is 0 Å². The van der Waals surface area contributed by atoms with Crippen LogP contribution in [-0.2, 0) is 0 Å². The van der Waals surface area contributed by atoms with Crippen LogP contribution < -0.4 is 5.32 Å². The first kappa shape index (κ1) is 12.9. The summed E-state index contributed by atoms with van der Waals surface area (Å²) < 4.78 is 2.09. The van der Waals surface area contributed by atoms with Gasteiger partial charge in [-0.15, -0.1) is 0 Å². The minimum Gasteiger partial charge on any atom is -0.367 e. The number of likely N-dealkylation sites (N-methyl/N-ethyl adjacent to an activating group) is 1. The maximum Gasteiger partial charge on any atom is 0.138 e. The molecule has 0 saturated heterocycles. The monoisotopic (exact) mass is 246 g/mol. The predicted molar refractivity (Wildman–Crippen MR) is 76.0 cm³/mol. The summed E-state index contributed by atoms with van der Waals surface area (Å²) in [4.78, 5) is 6.52. The first-order valence-corrected chi connectivity index (χ1v) is 6.41.